The predicted octanol–water partition coefficient (Wildman–Crippen LogP) is 1.55. The molecule has 0 saturated carbocycles. The Morgan fingerprint density at radius 1 is 1.38 bits per heavy atom. The van der Waals surface area contributed by atoms with Gasteiger partial charge < -0.3 is 15.5 Å². The fourth-order valence-electron chi connectivity index (χ4n) is 2.65. The van der Waals surface area contributed by atoms with E-state index < -0.39 is 0 Å². The maximum Gasteiger partial charge on any atom is 0.251 e. The van der Waals surface area contributed by atoms with Crippen LogP contribution < -0.4 is 10.6 Å². The summed E-state index contributed by atoms with van der Waals surface area (Å²) in [5, 5.41) is 5.91. The van der Waals surface area contributed by atoms with Crippen LogP contribution in [0.25, 0.3) is 0 Å². The molecule has 0 bridgehead atoms. The molecule has 1 saturated heterocycles. The lowest BCUT2D eigenvalue weighted by molar-refractivity contribution is -0.113. The number of carbonyl (C=O) groups is 2. The van der Waals surface area contributed by atoms with Crippen LogP contribution in [0.3, 0.4) is 0 Å². The van der Waals surface area contributed by atoms with E-state index in [0.29, 0.717) is 11.3 Å². The second-order valence-corrected chi connectivity index (χ2v) is 6.62. The van der Waals surface area contributed by atoms with Gasteiger partial charge in [-0.15, -0.1) is 11.8 Å². The molecular formula is C15H19N3O2S. The van der Waals surface area contributed by atoms with Crippen molar-refractivity contribution in [3.63, 3.8) is 0 Å². The second-order valence-electron chi connectivity index (χ2n) is 5.60. The molecule has 0 radical (unpaired) electrons. The zero-order valence-corrected chi connectivity index (χ0v) is 12.8. The number of nitrogens with one attached hydrogen (secondary N) is 2. The molecule has 5 nitrogen and oxygen atoms in total. The number of fused-ring (bicyclic) bond motifs is 1. The minimum Gasteiger partial charge on any atom is -0.349 e. The number of amides is 2. The minimum atomic E-state index is -0.0582. The third-order valence-corrected chi connectivity index (χ3v) is 5.00. The summed E-state index contributed by atoms with van der Waals surface area (Å²) in [6, 6.07) is 5.74. The molecule has 21 heavy (non-hydrogen) atoms. The number of anilines is 1. The standard InChI is InChI=1S/C15H19N3O2S/c1-18-6-4-11(5-7-18)16-15(20)10-2-3-13-12(8-10)17-14(19)9-21-13/h2-3,8,11H,4-7,9H2,1H3,(H,16,20)(H,17,19). The van der Waals surface area contributed by atoms with Gasteiger partial charge in [-0.25, -0.2) is 0 Å². The highest BCUT2D eigenvalue weighted by atomic mass is 32.2. The summed E-state index contributed by atoms with van der Waals surface area (Å²) >= 11 is 1.50. The highest BCUT2D eigenvalue weighted by Gasteiger charge is 2.21. The first kappa shape index (κ1) is 14.4. The predicted molar refractivity (Wildman–Crippen MR) is 83.8 cm³/mol. The van der Waals surface area contributed by atoms with Crippen molar-refractivity contribution < 1.29 is 9.59 Å². The van der Waals surface area contributed by atoms with Crippen LogP contribution in [0.2, 0.25) is 0 Å². The van der Waals surface area contributed by atoms with Crippen molar-refractivity contribution in [3.8, 4) is 0 Å². The zero-order valence-electron chi connectivity index (χ0n) is 12.0. The summed E-state index contributed by atoms with van der Waals surface area (Å²) in [6.07, 6.45) is 1.97. The Hall–Kier alpha value is -1.53. The molecule has 2 heterocycles. The van der Waals surface area contributed by atoms with Gasteiger partial charge >= 0.3 is 0 Å². The fourth-order valence-corrected chi connectivity index (χ4v) is 3.43. The van der Waals surface area contributed by atoms with E-state index in [2.05, 4.69) is 22.6 Å². The van der Waals surface area contributed by atoms with Gasteiger partial charge in [-0.3, -0.25) is 9.59 Å². The lowest BCUT2D eigenvalue weighted by Crippen LogP contribution is -2.43. The van der Waals surface area contributed by atoms with Crippen LogP contribution in [-0.2, 0) is 4.79 Å². The zero-order chi connectivity index (χ0) is 14.8. The van der Waals surface area contributed by atoms with Crippen LogP contribution in [0.15, 0.2) is 23.1 Å². The molecule has 6 heteroatoms. The first-order valence-corrected chi connectivity index (χ1v) is 8.16. The van der Waals surface area contributed by atoms with Crippen molar-refractivity contribution in [2.45, 2.75) is 23.8 Å². The van der Waals surface area contributed by atoms with Crippen molar-refractivity contribution in [3.05, 3.63) is 23.8 Å². The number of nitrogens with zero attached hydrogens (tertiary/aromatic N) is 1. The number of piperidine rings is 1. The van der Waals surface area contributed by atoms with Crippen LogP contribution in [0.1, 0.15) is 23.2 Å². The Morgan fingerprint density at radius 3 is 2.90 bits per heavy atom. The quantitative estimate of drug-likeness (QED) is 0.870. The topological polar surface area (TPSA) is 61.4 Å². The summed E-state index contributed by atoms with van der Waals surface area (Å²) in [7, 11) is 2.10. The summed E-state index contributed by atoms with van der Waals surface area (Å²) in [4.78, 5) is 27.0. The van der Waals surface area contributed by atoms with E-state index in [4.69, 9.17) is 0 Å². The number of hydrogen-bond donors (Lipinski definition) is 2. The molecule has 0 spiro atoms. The number of carbonyl (C=O) groups excluding carboxylic acids is 2. The van der Waals surface area contributed by atoms with Gasteiger partial charge in [0.15, 0.2) is 0 Å². The molecule has 1 fully saturated rings. The van der Waals surface area contributed by atoms with Crippen LogP contribution in [-0.4, -0.2) is 48.6 Å². The average molecular weight is 305 g/mol. The van der Waals surface area contributed by atoms with E-state index in [9.17, 15) is 9.59 Å². The monoisotopic (exact) mass is 305 g/mol. The van der Waals surface area contributed by atoms with Gasteiger partial charge in [-0.05, 0) is 51.2 Å². The molecule has 2 N–H and O–H groups in total. The molecule has 0 atom stereocenters. The van der Waals surface area contributed by atoms with Gasteiger partial charge in [-0.1, -0.05) is 0 Å². The fraction of sp³-hybridized carbons (Fsp3) is 0.467. The number of benzene rings is 1. The summed E-state index contributed by atoms with van der Waals surface area (Å²) < 4.78 is 0. The van der Waals surface area contributed by atoms with Crippen LogP contribution in [0, 0.1) is 0 Å². The Kier molecular flexibility index (Phi) is 4.17. The molecule has 2 amide bonds. The Balaban J connectivity index is 1.67. The molecule has 2 aliphatic rings. The van der Waals surface area contributed by atoms with E-state index in [0.717, 1.165) is 36.5 Å². The van der Waals surface area contributed by atoms with Gasteiger partial charge in [-0.2, -0.15) is 0 Å². The van der Waals surface area contributed by atoms with E-state index in [-0.39, 0.29) is 17.9 Å². The number of rotatable bonds is 2. The Morgan fingerprint density at radius 2 is 2.14 bits per heavy atom. The van der Waals surface area contributed by atoms with Gasteiger partial charge in [0.2, 0.25) is 5.91 Å². The van der Waals surface area contributed by atoms with Crippen molar-refractivity contribution in [1.29, 1.82) is 0 Å². The van der Waals surface area contributed by atoms with Crippen molar-refractivity contribution >= 4 is 29.3 Å². The first-order chi connectivity index (χ1) is 10.1. The molecule has 1 aromatic rings. The van der Waals surface area contributed by atoms with Gasteiger partial charge in [0, 0.05) is 16.5 Å². The normalized spacial score (nSPS) is 19.8. The number of hydrogen-bond acceptors (Lipinski definition) is 4. The van der Waals surface area contributed by atoms with Gasteiger partial charge in [0.25, 0.3) is 5.91 Å². The van der Waals surface area contributed by atoms with E-state index in [1.807, 2.05) is 12.1 Å². The smallest absolute Gasteiger partial charge is 0.251 e. The molecule has 0 aromatic heterocycles. The lowest BCUT2D eigenvalue weighted by atomic mass is 10.0. The van der Waals surface area contributed by atoms with E-state index in [1.165, 1.54) is 11.8 Å². The van der Waals surface area contributed by atoms with Crippen LogP contribution >= 0.6 is 11.8 Å². The summed E-state index contributed by atoms with van der Waals surface area (Å²) in [5.74, 6) is 0.367. The van der Waals surface area contributed by atoms with Gasteiger partial charge in [0.05, 0.1) is 11.4 Å². The van der Waals surface area contributed by atoms with E-state index >= 15 is 0 Å². The average Bonchev–Trinajstić information content (AvgIpc) is 2.48. The summed E-state index contributed by atoms with van der Waals surface area (Å²) in [5.41, 5.74) is 1.35. The lowest BCUT2D eigenvalue weighted by Gasteiger charge is -2.29. The summed E-state index contributed by atoms with van der Waals surface area (Å²) in [6.45, 7) is 2.03. The van der Waals surface area contributed by atoms with Crippen LogP contribution in [0.4, 0.5) is 5.69 Å². The maximum atomic E-state index is 12.3. The molecule has 3 rings (SSSR count). The molecule has 2 aliphatic heterocycles. The van der Waals surface area contributed by atoms with Crippen LogP contribution in [0.5, 0.6) is 0 Å². The maximum absolute atomic E-state index is 12.3. The largest absolute Gasteiger partial charge is 0.349 e. The minimum absolute atomic E-state index is 0.0135. The second kappa shape index (κ2) is 6.07. The number of likely N-dealkylation sites (tertiary alicyclic amines) is 1. The van der Waals surface area contributed by atoms with Crippen molar-refractivity contribution in [2.75, 3.05) is 31.2 Å². The number of thioether (sulfide) groups is 1. The highest BCUT2D eigenvalue weighted by molar-refractivity contribution is 8.00. The van der Waals surface area contributed by atoms with Crippen molar-refractivity contribution in [1.82, 2.24) is 10.2 Å². The third kappa shape index (κ3) is 3.39. The third-order valence-electron chi connectivity index (χ3n) is 3.93. The molecule has 0 aliphatic carbocycles. The SMILES string of the molecule is CN1CCC(NC(=O)c2ccc3c(c2)NC(=O)CS3)CC1. The van der Waals surface area contributed by atoms with Gasteiger partial charge in [0.1, 0.15) is 0 Å². The Bertz CT molecular complexity index is 568. The molecule has 1 aromatic carbocycles. The first-order valence-electron chi connectivity index (χ1n) is 7.18. The molecule has 0 unspecified atom stereocenters. The van der Waals surface area contributed by atoms with E-state index in [1.54, 1.807) is 6.07 Å². The highest BCUT2D eigenvalue weighted by Crippen LogP contribution is 2.31. The molecule has 112 valence electrons. The molecular weight excluding hydrogens is 286 g/mol. The Labute approximate surface area is 128 Å². The van der Waals surface area contributed by atoms with Crippen molar-refractivity contribution in [2.24, 2.45) is 0 Å².